The summed E-state index contributed by atoms with van der Waals surface area (Å²) in [6.45, 7) is 0. The van der Waals surface area contributed by atoms with Crippen molar-refractivity contribution in [1.29, 1.82) is 0 Å². The van der Waals surface area contributed by atoms with Crippen LogP contribution in [0.15, 0.2) is 33.9 Å². The summed E-state index contributed by atoms with van der Waals surface area (Å²) in [6.07, 6.45) is 0. The van der Waals surface area contributed by atoms with E-state index in [0.717, 1.165) is 4.57 Å². The molecule has 3 rings (SSSR count). The van der Waals surface area contributed by atoms with Gasteiger partial charge in [0.1, 0.15) is 0 Å². The molecule has 0 amide bonds. The van der Waals surface area contributed by atoms with Crippen LogP contribution in [0.4, 0.5) is 0 Å². The van der Waals surface area contributed by atoms with E-state index in [9.17, 15) is 9.59 Å². The maximum Gasteiger partial charge on any atom is 0.332 e. The molecule has 2 aromatic heterocycles. The predicted molar refractivity (Wildman–Crippen MR) is 67.5 cm³/mol. The van der Waals surface area contributed by atoms with Crippen molar-refractivity contribution in [1.82, 2.24) is 19.1 Å². The summed E-state index contributed by atoms with van der Waals surface area (Å²) in [5.41, 5.74) is 0.984. The fourth-order valence-corrected chi connectivity index (χ4v) is 1.93. The number of para-hydroxylation sites is 2. The van der Waals surface area contributed by atoms with Gasteiger partial charge in [0.05, 0.1) is 11.0 Å². The van der Waals surface area contributed by atoms with Crippen LogP contribution in [0.5, 0.6) is 0 Å². The Morgan fingerprint density at radius 3 is 2.22 bits per heavy atom. The van der Waals surface area contributed by atoms with Crippen LogP contribution in [-0.4, -0.2) is 19.1 Å². The lowest BCUT2D eigenvalue weighted by Crippen LogP contribution is -2.37. The van der Waals surface area contributed by atoms with Crippen molar-refractivity contribution in [2.75, 3.05) is 0 Å². The second-order valence-corrected chi connectivity index (χ2v) is 4.09. The normalized spacial score (nSPS) is 11.2. The number of rotatable bonds is 0. The number of hydrogen-bond donors (Lipinski definition) is 0. The van der Waals surface area contributed by atoms with Crippen molar-refractivity contribution in [3.8, 4) is 0 Å². The molecule has 0 N–H and O–H groups in total. The van der Waals surface area contributed by atoms with Gasteiger partial charge >= 0.3 is 5.69 Å². The summed E-state index contributed by atoms with van der Waals surface area (Å²) < 4.78 is 2.36. The van der Waals surface area contributed by atoms with Crippen molar-refractivity contribution in [2.45, 2.75) is 0 Å². The van der Waals surface area contributed by atoms with Gasteiger partial charge in [-0.05, 0) is 12.1 Å². The van der Waals surface area contributed by atoms with Crippen LogP contribution in [0.3, 0.4) is 0 Å². The van der Waals surface area contributed by atoms with Gasteiger partial charge in [0.15, 0.2) is 11.2 Å². The minimum Gasteiger partial charge on any atom is -0.279 e. The minimum absolute atomic E-state index is 0.207. The molecule has 6 nitrogen and oxygen atoms in total. The molecule has 18 heavy (non-hydrogen) atoms. The van der Waals surface area contributed by atoms with Gasteiger partial charge < -0.3 is 0 Å². The molecule has 0 atom stereocenters. The zero-order valence-electron chi connectivity index (χ0n) is 9.91. The highest BCUT2D eigenvalue weighted by atomic mass is 16.2. The molecule has 90 valence electrons. The monoisotopic (exact) mass is 243 g/mol. The zero-order valence-corrected chi connectivity index (χ0v) is 9.91. The Bertz CT molecular complexity index is 892. The molecule has 3 aromatic rings. The van der Waals surface area contributed by atoms with E-state index in [0.29, 0.717) is 16.7 Å². The average molecular weight is 243 g/mol. The van der Waals surface area contributed by atoms with Gasteiger partial charge in [-0.1, -0.05) is 12.1 Å². The zero-order chi connectivity index (χ0) is 12.9. The van der Waals surface area contributed by atoms with Crippen molar-refractivity contribution in [2.24, 2.45) is 14.1 Å². The summed E-state index contributed by atoms with van der Waals surface area (Å²) in [6, 6.07) is 7.24. The van der Waals surface area contributed by atoms with Crippen molar-refractivity contribution in [3.63, 3.8) is 0 Å². The topological polar surface area (TPSA) is 69.8 Å². The Kier molecular flexibility index (Phi) is 2.07. The fourth-order valence-electron chi connectivity index (χ4n) is 1.93. The predicted octanol–water partition coefficient (Wildman–Crippen LogP) is 0.180. The van der Waals surface area contributed by atoms with Crippen LogP contribution in [0.1, 0.15) is 0 Å². The van der Waals surface area contributed by atoms with E-state index >= 15 is 0 Å². The number of nitrogens with zero attached hydrogens (tertiary/aromatic N) is 4. The summed E-state index contributed by atoms with van der Waals surface area (Å²) in [7, 11) is 3.01. The Labute approximate surface area is 101 Å². The second kappa shape index (κ2) is 3.49. The third kappa shape index (κ3) is 1.29. The number of aromatic nitrogens is 4. The summed E-state index contributed by atoms with van der Waals surface area (Å²) in [5.74, 6) is 0. The first kappa shape index (κ1) is 10.6. The summed E-state index contributed by atoms with van der Waals surface area (Å²) in [5, 5.41) is 0. The molecular weight excluding hydrogens is 233 g/mol. The van der Waals surface area contributed by atoms with Gasteiger partial charge in [-0.3, -0.25) is 13.9 Å². The second-order valence-electron chi connectivity index (χ2n) is 4.09. The van der Waals surface area contributed by atoms with E-state index in [2.05, 4.69) is 9.97 Å². The average Bonchev–Trinajstić information content (AvgIpc) is 2.41. The van der Waals surface area contributed by atoms with Crippen molar-refractivity contribution >= 4 is 22.2 Å². The van der Waals surface area contributed by atoms with E-state index in [-0.39, 0.29) is 5.52 Å². The molecule has 0 aliphatic rings. The number of benzene rings is 1. The summed E-state index contributed by atoms with van der Waals surface area (Å²) in [4.78, 5) is 32.4. The first-order valence-electron chi connectivity index (χ1n) is 5.42. The van der Waals surface area contributed by atoms with Crippen molar-refractivity contribution in [3.05, 3.63) is 45.1 Å². The van der Waals surface area contributed by atoms with Crippen LogP contribution in [-0.2, 0) is 14.1 Å². The summed E-state index contributed by atoms with van der Waals surface area (Å²) >= 11 is 0. The SMILES string of the molecule is Cn1c(=O)c2[15n]c3ccccc3nc2n(C)c1=O. The van der Waals surface area contributed by atoms with Gasteiger partial charge in [-0.15, -0.1) is 0 Å². The molecule has 0 bridgehead atoms. The minimum atomic E-state index is -0.425. The number of aryl methyl sites for hydroxylation is 1. The van der Waals surface area contributed by atoms with Gasteiger partial charge in [-0.25, -0.2) is 14.8 Å². The highest BCUT2D eigenvalue weighted by Gasteiger charge is 2.11. The van der Waals surface area contributed by atoms with E-state index < -0.39 is 11.2 Å². The van der Waals surface area contributed by atoms with E-state index in [1.165, 1.54) is 11.6 Å². The third-order valence-electron chi connectivity index (χ3n) is 2.95. The standard InChI is InChI=1S/C12H10N4O2/c1-15-10-9(11(17)16(2)12(15)18)13-7-5-3-4-6-8(7)14-10/h3-6H,1-2H3/i13+1. The largest absolute Gasteiger partial charge is 0.332 e. The fraction of sp³-hybridized carbons (Fsp3) is 0.167. The highest BCUT2D eigenvalue weighted by Crippen LogP contribution is 2.11. The van der Waals surface area contributed by atoms with Crippen LogP contribution in [0.25, 0.3) is 22.2 Å². The lowest BCUT2D eigenvalue weighted by atomic mass is 10.3. The Balaban J connectivity index is 2.67. The lowest BCUT2D eigenvalue weighted by Gasteiger charge is -2.06. The van der Waals surface area contributed by atoms with Gasteiger partial charge in [0.2, 0.25) is 0 Å². The third-order valence-corrected chi connectivity index (χ3v) is 2.95. The van der Waals surface area contributed by atoms with Crippen LogP contribution < -0.4 is 11.2 Å². The molecule has 6 heteroatoms. The molecule has 0 saturated heterocycles. The molecule has 0 fully saturated rings. The van der Waals surface area contributed by atoms with Crippen LogP contribution >= 0.6 is 0 Å². The Morgan fingerprint density at radius 1 is 0.944 bits per heavy atom. The van der Waals surface area contributed by atoms with E-state index in [4.69, 9.17) is 0 Å². The molecule has 0 unspecified atom stereocenters. The first-order chi connectivity index (χ1) is 8.59. The quantitative estimate of drug-likeness (QED) is 0.528. The molecule has 0 saturated carbocycles. The molecule has 2 heterocycles. The highest BCUT2D eigenvalue weighted by molar-refractivity contribution is 5.83. The molecule has 0 aliphatic carbocycles. The molecule has 0 radical (unpaired) electrons. The molecule has 0 spiro atoms. The van der Waals surface area contributed by atoms with Gasteiger partial charge in [-0.2, -0.15) is 0 Å². The van der Waals surface area contributed by atoms with E-state index in [1.807, 2.05) is 12.1 Å². The molecule has 0 aliphatic heterocycles. The smallest absolute Gasteiger partial charge is 0.279 e. The van der Waals surface area contributed by atoms with Crippen LogP contribution in [0.2, 0.25) is 0 Å². The van der Waals surface area contributed by atoms with Crippen LogP contribution in [0, 0.1) is 0 Å². The Morgan fingerprint density at radius 2 is 1.56 bits per heavy atom. The van der Waals surface area contributed by atoms with Gasteiger partial charge in [0.25, 0.3) is 5.56 Å². The molecule has 1 aromatic carbocycles. The number of fused-ring (bicyclic) bond motifs is 2. The van der Waals surface area contributed by atoms with Gasteiger partial charge in [0, 0.05) is 14.1 Å². The maximum atomic E-state index is 12.0. The van der Waals surface area contributed by atoms with Crippen molar-refractivity contribution < 1.29 is 0 Å². The lowest BCUT2D eigenvalue weighted by molar-refractivity contribution is 0.706. The van der Waals surface area contributed by atoms with E-state index in [1.54, 1.807) is 19.2 Å². The number of hydrogen-bond acceptors (Lipinski definition) is 4. The maximum absolute atomic E-state index is 12.0. The Hall–Kier alpha value is -2.50. The first-order valence-corrected chi connectivity index (χ1v) is 5.42. The molecular formula is C12H10N4O2.